The molecule has 11 heteroatoms. The SMILES string of the molecule is COc1ccc(S(=O)(=O)N2CCCCC2)cc1C(=O)Nc1ccc(S(=O)(=O)N2CCCC2)cc1. The molecule has 2 aliphatic rings. The Balaban J connectivity index is 1.55. The number of carbonyl (C=O) groups is 1. The lowest BCUT2D eigenvalue weighted by Crippen LogP contribution is -2.35. The van der Waals surface area contributed by atoms with Gasteiger partial charge in [-0.15, -0.1) is 0 Å². The molecule has 0 bridgehead atoms. The van der Waals surface area contributed by atoms with Crippen LogP contribution in [-0.4, -0.2) is 64.6 Å². The second kappa shape index (κ2) is 10.0. The maximum absolute atomic E-state index is 13.1. The third-order valence-corrected chi connectivity index (χ3v) is 9.99. The van der Waals surface area contributed by atoms with E-state index in [-0.39, 0.29) is 21.1 Å². The molecule has 2 aromatic carbocycles. The molecule has 0 aliphatic carbocycles. The number of hydrogen-bond acceptors (Lipinski definition) is 6. The number of ether oxygens (including phenoxy) is 1. The van der Waals surface area contributed by atoms with E-state index in [4.69, 9.17) is 4.74 Å². The summed E-state index contributed by atoms with van der Waals surface area (Å²) in [6.07, 6.45) is 4.32. The van der Waals surface area contributed by atoms with E-state index in [9.17, 15) is 21.6 Å². The number of nitrogens with one attached hydrogen (secondary N) is 1. The van der Waals surface area contributed by atoms with E-state index in [0.717, 1.165) is 32.1 Å². The normalized spacial score (nSPS) is 18.0. The first-order valence-corrected chi connectivity index (χ1v) is 14.2. The van der Waals surface area contributed by atoms with Crippen LogP contribution >= 0.6 is 0 Å². The number of amides is 1. The van der Waals surface area contributed by atoms with Crippen molar-refractivity contribution in [3.05, 3.63) is 48.0 Å². The fraction of sp³-hybridized carbons (Fsp3) is 0.435. The molecule has 2 aliphatic heterocycles. The number of carbonyl (C=O) groups excluding carboxylic acids is 1. The van der Waals surface area contributed by atoms with Crippen molar-refractivity contribution in [2.75, 3.05) is 38.6 Å². The van der Waals surface area contributed by atoms with Crippen molar-refractivity contribution < 1.29 is 26.4 Å². The van der Waals surface area contributed by atoms with Crippen LogP contribution in [0.4, 0.5) is 5.69 Å². The minimum atomic E-state index is -3.72. The third kappa shape index (κ3) is 4.97. The quantitative estimate of drug-likeness (QED) is 0.617. The molecule has 34 heavy (non-hydrogen) atoms. The molecule has 2 aromatic rings. The number of rotatable bonds is 7. The van der Waals surface area contributed by atoms with Crippen molar-refractivity contribution in [1.29, 1.82) is 0 Å². The zero-order valence-corrected chi connectivity index (χ0v) is 20.7. The lowest BCUT2D eigenvalue weighted by molar-refractivity contribution is 0.102. The standard InChI is InChI=1S/C23H29N3O6S2/c1-32-22-12-11-20(34(30,31)26-13-3-2-4-14-26)17-21(22)23(27)24-18-7-9-19(10-8-18)33(28,29)25-15-5-6-16-25/h7-12,17H,2-6,13-16H2,1H3,(H,24,27). The molecule has 1 amide bonds. The minimum absolute atomic E-state index is 0.0346. The second-order valence-corrected chi connectivity index (χ2v) is 12.3. The highest BCUT2D eigenvalue weighted by atomic mass is 32.2. The highest BCUT2D eigenvalue weighted by Crippen LogP contribution is 2.28. The largest absolute Gasteiger partial charge is 0.496 e. The molecule has 0 saturated carbocycles. The van der Waals surface area contributed by atoms with Crippen LogP contribution in [0, 0.1) is 0 Å². The number of anilines is 1. The maximum Gasteiger partial charge on any atom is 0.259 e. The molecule has 1 N–H and O–H groups in total. The van der Waals surface area contributed by atoms with Gasteiger partial charge in [0.05, 0.1) is 22.5 Å². The van der Waals surface area contributed by atoms with Gasteiger partial charge < -0.3 is 10.1 Å². The zero-order valence-electron chi connectivity index (χ0n) is 19.1. The van der Waals surface area contributed by atoms with E-state index >= 15 is 0 Å². The third-order valence-electron chi connectivity index (χ3n) is 6.18. The summed E-state index contributed by atoms with van der Waals surface area (Å²) in [5, 5.41) is 2.70. The first-order chi connectivity index (χ1) is 16.2. The van der Waals surface area contributed by atoms with E-state index in [2.05, 4.69) is 5.32 Å². The van der Waals surface area contributed by atoms with Gasteiger partial charge in [0, 0.05) is 31.9 Å². The van der Waals surface area contributed by atoms with Crippen LogP contribution in [0.15, 0.2) is 52.3 Å². The predicted molar refractivity (Wildman–Crippen MR) is 128 cm³/mol. The average molecular weight is 508 g/mol. The molecular weight excluding hydrogens is 478 g/mol. The Kier molecular flexibility index (Phi) is 7.27. The van der Waals surface area contributed by atoms with Gasteiger partial charge in [-0.2, -0.15) is 8.61 Å². The molecule has 0 unspecified atom stereocenters. The summed E-state index contributed by atoms with van der Waals surface area (Å²) in [6.45, 7) is 1.94. The molecule has 0 spiro atoms. The van der Waals surface area contributed by atoms with Crippen molar-refractivity contribution >= 4 is 31.6 Å². The van der Waals surface area contributed by atoms with Gasteiger partial charge in [-0.05, 0) is 68.1 Å². The van der Waals surface area contributed by atoms with Crippen molar-refractivity contribution in [3.8, 4) is 5.75 Å². The molecule has 9 nitrogen and oxygen atoms in total. The Bertz CT molecular complexity index is 1250. The number of sulfonamides is 2. The first-order valence-electron chi connectivity index (χ1n) is 11.3. The molecule has 0 radical (unpaired) electrons. The Hall–Kier alpha value is -2.47. The lowest BCUT2D eigenvalue weighted by atomic mass is 10.2. The van der Waals surface area contributed by atoms with Crippen LogP contribution in [-0.2, 0) is 20.0 Å². The number of piperidine rings is 1. The van der Waals surface area contributed by atoms with E-state index < -0.39 is 26.0 Å². The van der Waals surface area contributed by atoms with Gasteiger partial charge >= 0.3 is 0 Å². The zero-order chi connectivity index (χ0) is 24.3. The molecule has 4 rings (SSSR count). The highest BCUT2D eigenvalue weighted by Gasteiger charge is 2.29. The Morgan fingerprint density at radius 1 is 0.765 bits per heavy atom. The summed E-state index contributed by atoms with van der Waals surface area (Å²) in [4.78, 5) is 13.2. The van der Waals surface area contributed by atoms with E-state index in [1.54, 1.807) is 0 Å². The Labute approximate surface area is 200 Å². The van der Waals surface area contributed by atoms with Crippen LogP contribution in [0.1, 0.15) is 42.5 Å². The second-order valence-electron chi connectivity index (χ2n) is 8.42. The van der Waals surface area contributed by atoms with Crippen LogP contribution in [0.25, 0.3) is 0 Å². The predicted octanol–water partition coefficient (Wildman–Crippen LogP) is 2.91. The van der Waals surface area contributed by atoms with E-state index in [1.807, 2.05) is 0 Å². The summed E-state index contributed by atoms with van der Waals surface area (Å²) in [5.74, 6) is -0.314. The molecule has 0 aromatic heterocycles. The number of methoxy groups -OCH3 is 1. The summed E-state index contributed by atoms with van der Waals surface area (Å²) < 4.78 is 59.7. The number of hydrogen-bond donors (Lipinski definition) is 1. The van der Waals surface area contributed by atoms with Crippen LogP contribution in [0.5, 0.6) is 5.75 Å². The summed E-state index contributed by atoms with van der Waals surface area (Å²) in [6, 6.07) is 10.2. The number of benzene rings is 2. The van der Waals surface area contributed by atoms with Gasteiger partial charge in [-0.3, -0.25) is 4.79 Å². The molecule has 2 fully saturated rings. The lowest BCUT2D eigenvalue weighted by Gasteiger charge is -2.26. The fourth-order valence-corrected chi connectivity index (χ4v) is 7.33. The molecular formula is C23H29N3O6S2. The van der Waals surface area contributed by atoms with Crippen LogP contribution in [0.2, 0.25) is 0 Å². The van der Waals surface area contributed by atoms with Gasteiger partial charge in [0.25, 0.3) is 5.91 Å². The van der Waals surface area contributed by atoms with Crippen molar-refractivity contribution in [2.45, 2.75) is 41.9 Å². The van der Waals surface area contributed by atoms with Crippen molar-refractivity contribution in [3.63, 3.8) is 0 Å². The maximum atomic E-state index is 13.1. The topological polar surface area (TPSA) is 113 Å². The van der Waals surface area contributed by atoms with Crippen molar-refractivity contribution in [1.82, 2.24) is 8.61 Å². The first kappa shape index (κ1) is 24.6. The molecule has 184 valence electrons. The van der Waals surface area contributed by atoms with Gasteiger partial charge in [-0.25, -0.2) is 16.8 Å². The fourth-order valence-electron chi connectivity index (χ4n) is 4.27. The van der Waals surface area contributed by atoms with E-state index in [0.29, 0.717) is 31.9 Å². The Morgan fingerprint density at radius 2 is 1.26 bits per heavy atom. The van der Waals surface area contributed by atoms with Crippen molar-refractivity contribution in [2.24, 2.45) is 0 Å². The van der Waals surface area contributed by atoms with Gasteiger partial charge in [0.15, 0.2) is 0 Å². The molecule has 2 heterocycles. The summed E-state index contributed by atoms with van der Waals surface area (Å²) in [5.41, 5.74) is 0.464. The van der Waals surface area contributed by atoms with Crippen LogP contribution in [0.3, 0.4) is 0 Å². The number of nitrogens with zero attached hydrogens (tertiary/aromatic N) is 2. The molecule has 2 saturated heterocycles. The van der Waals surface area contributed by atoms with Gasteiger partial charge in [-0.1, -0.05) is 6.42 Å². The van der Waals surface area contributed by atoms with Gasteiger partial charge in [0.1, 0.15) is 5.75 Å². The highest BCUT2D eigenvalue weighted by molar-refractivity contribution is 7.89. The smallest absolute Gasteiger partial charge is 0.259 e. The minimum Gasteiger partial charge on any atom is -0.496 e. The van der Waals surface area contributed by atoms with E-state index in [1.165, 1.54) is 58.2 Å². The van der Waals surface area contributed by atoms with Crippen LogP contribution < -0.4 is 10.1 Å². The molecule has 0 atom stereocenters. The summed E-state index contributed by atoms with van der Waals surface area (Å²) >= 11 is 0. The average Bonchev–Trinajstić information content (AvgIpc) is 3.40. The monoisotopic (exact) mass is 507 g/mol. The summed E-state index contributed by atoms with van der Waals surface area (Å²) in [7, 11) is -5.86. The Morgan fingerprint density at radius 3 is 1.82 bits per heavy atom. The van der Waals surface area contributed by atoms with Gasteiger partial charge in [0.2, 0.25) is 20.0 Å².